The van der Waals surface area contributed by atoms with Gasteiger partial charge in [-0.3, -0.25) is 0 Å². The van der Waals surface area contributed by atoms with Gasteiger partial charge in [0.1, 0.15) is 0 Å². The molecule has 0 saturated carbocycles. The Bertz CT molecular complexity index is 424. The topological polar surface area (TPSA) is 50.1 Å². The molecule has 16 heavy (non-hydrogen) atoms. The van der Waals surface area contributed by atoms with Gasteiger partial charge < -0.3 is 4.74 Å². The lowest BCUT2D eigenvalue weighted by Crippen LogP contribution is -2.05. The first kappa shape index (κ1) is 12.7. The van der Waals surface area contributed by atoms with Crippen molar-refractivity contribution in [1.29, 1.82) is 5.26 Å². The van der Waals surface area contributed by atoms with E-state index in [0.717, 1.165) is 10.0 Å². The molecule has 1 aromatic rings. The zero-order valence-electron chi connectivity index (χ0n) is 9.00. The molecule has 0 N–H and O–H groups in total. The Balaban J connectivity index is 2.90. The van der Waals surface area contributed by atoms with Crippen LogP contribution in [-0.2, 0) is 11.2 Å². The minimum Gasteiger partial charge on any atom is -0.462 e. The van der Waals surface area contributed by atoms with Crippen LogP contribution in [0.15, 0.2) is 22.7 Å². The van der Waals surface area contributed by atoms with E-state index in [1.807, 2.05) is 6.07 Å². The lowest BCUT2D eigenvalue weighted by atomic mass is 10.1. The van der Waals surface area contributed by atoms with Crippen molar-refractivity contribution in [2.24, 2.45) is 0 Å². The quantitative estimate of drug-likeness (QED) is 0.797. The van der Waals surface area contributed by atoms with E-state index in [9.17, 15) is 4.79 Å². The van der Waals surface area contributed by atoms with E-state index in [4.69, 9.17) is 10.00 Å². The summed E-state index contributed by atoms with van der Waals surface area (Å²) in [5.74, 6) is -0.331. The maximum Gasteiger partial charge on any atom is 0.338 e. The molecule has 0 aliphatic heterocycles. The lowest BCUT2D eigenvalue weighted by Gasteiger charge is -2.05. The highest BCUT2D eigenvalue weighted by Crippen LogP contribution is 2.17. The summed E-state index contributed by atoms with van der Waals surface area (Å²) in [5.41, 5.74) is 1.48. The second kappa shape index (κ2) is 6.29. The molecule has 0 fully saturated rings. The lowest BCUT2D eigenvalue weighted by molar-refractivity contribution is 0.0526. The minimum atomic E-state index is -0.331. The Hall–Kier alpha value is -1.34. The Labute approximate surface area is 103 Å². The summed E-state index contributed by atoms with van der Waals surface area (Å²) >= 11 is 3.33. The highest BCUT2D eigenvalue weighted by atomic mass is 79.9. The monoisotopic (exact) mass is 281 g/mol. The van der Waals surface area contributed by atoms with Gasteiger partial charge in [-0.15, -0.1) is 0 Å². The largest absolute Gasteiger partial charge is 0.462 e. The Morgan fingerprint density at radius 3 is 2.88 bits per heavy atom. The van der Waals surface area contributed by atoms with E-state index >= 15 is 0 Å². The number of halogens is 1. The molecular weight excluding hydrogens is 270 g/mol. The van der Waals surface area contributed by atoms with Crippen molar-refractivity contribution in [3.8, 4) is 6.07 Å². The maximum absolute atomic E-state index is 11.5. The summed E-state index contributed by atoms with van der Waals surface area (Å²) in [6.45, 7) is 2.13. The van der Waals surface area contributed by atoms with Gasteiger partial charge in [-0.05, 0) is 37.1 Å². The number of benzene rings is 1. The number of carbonyl (C=O) groups is 1. The van der Waals surface area contributed by atoms with Crippen molar-refractivity contribution in [3.05, 3.63) is 33.8 Å². The fraction of sp³-hybridized carbons (Fsp3) is 0.333. The molecule has 0 aliphatic carbocycles. The molecular formula is C12H12BrNO2. The number of nitriles is 1. The normalized spacial score (nSPS) is 9.56. The minimum absolute atomic E-state index is 0.331. The van der Waals surface area contributed by atoms with Gasteiger partial charge in [0.2, 0.25) is 0 Å². The van der Waals surface area contributed by atoms with Gasteiger partial charge in [0.25, 0.3) is 0 Å². The van der Waals surface area contributed by atoms with Gasteiger partial charge in [0.05, 0.1) is 18.2 Å². The standard InChI is InChI=1S/C12H12BrNO2/c1-2-16-12(15)10-6-9(4-3-5-14)7-11(13)8-10/h6-8H,2-4H2,1H3. The summed E-state index contributed by atoms with van der Waals surface area (Å²) in [4.78, 5) is 11.5. The molecule has 3 nitrogen and oxygen atoms in total. The smallest absolute Gasteiger partial charge is 0.338 e. The zero-order chi connectivity index (χ0) is 12.0. The zero-order valence-corrected chi connectivity index (χ0v) is 10.6. The van der Waals surface area contributed by atoms with E-state index in [0.29, 0.717) is 25.0 Å². The van der Waals surface area contributed by atoms with Gasteiger partial charge in [0, 0.05) is 10.9 Å². The molecule has 0 heterocycles. The highest BCUT2D eigenvalue weighted by Gasteiger charge is 2.08. The maximum atomic E-state index is 11.5. The predicted molar refractivity (Wildman–Crippen MR) is 64.0 cm³/mol. The summed E-state index contributed by atoms with van der Waals surface area (Å²) < 4.78 is 5.74. The van der Waals surface area contributed by atoms with Crippen LogP contribution in [0.3, 0.4) is 0 Å². The fourth-order valence-corrected chi connectivity index (χ4v) is 1.87. The van der Waals surface area contributed by atoms with E-state index in [1.54, 1.807) is 19.1 Å². The molecule has 0 unspecified atom stereocenters. The van der Waals surface area contributed by atoms with Crippen LogP contribution in [0.1, 0.15) is 29.3 Å². The molecule has 0 aromatic heterocycles. The van der Waals surface area contributed by atoms with E-state index < -0.39 is 0 Å². The van der Waals surface area contributed by atoms with Gasteiger partial charge in [-0.25, -0.2) is 4.79 Å². The summed E-state index contributed by atoms with van der Waals surface area (Å²) in [6.07, 6.45) is 1.08. The first-order valence-corrected chi connectivity index (χ1v) is 5.80. The number of esters is 1. The number of aryl methyl sites for hydroxylation is 1. The van der Waals surface area contributed by atoms with Crippen LogP contribution in [0.4, 0.5) is 0 Å². The molecule has 0 spiro atoms. The van der Waals surface area contributed by atoms with Gasteiger partial charge in [0.15, 0.2) is 0 Å². The molecule has 0 aliphatic rings. The van der Waals surface area contributed by atoms with E-state index in [-0.39, 0.29) is 5.97 Å². The number of ether oxygens (including phenoxy) is 1. The van der Waals surface area contributed by atoms with Crippen molar-refractivity contribution in [3.63, 3.8) is 0 Å². The highest BCUT2D eigenvalue weighted by molar-refractivity contribution is 9.10. The average molecular weight is 282 g/mol. The molecule has 0 amide bonds. The number of nitrogens with zero attached hydrogens (tertiary/aromatic N) is 1. The SMILES string of the molecule is CCOC(=O)c1cc(Br)cc(CCC#N)c1. The van der Waals surface area contributed by atoms with Crippen molar-refractivity contribution in [2.75, 3.05) is 6.61 Å². The molecule has 4 heteroatoms. The van der Waals surface area contributed by atoms with Crippen molar-refractivity contribution in [1.82, 2.24) is 0 Å². The van der Waals surface area contributed by atoms with Crippen molar-refractivity contribution < 1.29 is 9.53 Å². The molecule has 0 atom stereocenters. The van der Waals surface area contributed by atoms with Gasteiger partial charge in [-0.1, -0.05) is 15.9 Å². The summed E-state index contributed by atoms with van der Waals surface area (Å²) in [7, 11) is 0. The van der Waals surface area contributed by atoms with Crippen LogP contribution < -0.4 is 0 Å². The van der Waals surface area contributed by atoms with Crippen LogP contribution in [0.2, 0.25) is 0 Å². The fourth-order valence-electron chi connectivity index (χ4n) is 1.33. The van der Waals surface area contributed by atoms with Gasteiger partial charge >= 0.3 is 5.97 Å². The second-order valence-corrected chi connectivity index (χ2v) is 4.14. The molecule has 0 saturated heterocycles. The van der Waals surface area contributed by atoms with Crippen LogP contribution in [0.5, 0.6) is 0 Å². The second-order valence-electron chi connectivity index (χ2n) is 3.23. The van der Waals surface area contributed by atoms with E-state index in [2.05, 4.69) is 22.0 Å². The molecule has 84 valence electrons. The summed E-state index contributed by atoms with van der Waals surface area (Å²) in [6, 6.07) is 7.46. The van der Waals surface area contributed by atoms with Crippen molar-refractivity contribution in [2.45, 2.75) is 19.8 Å². The average Bonchev–Trinajstić information content (AvgIpc) is 2.26. The Morgan fingerprint density at radius 2 is 2.25 bits per heavy atom. The first-order valence-electron chi connectivity index (χ1n) is 5.01. The van der Waals surface area contributed by atoms with E-state index in [1.165, 1.54) is 0 Å². The summed E-state index contributed by atoms with van der Waals surface area (Å²) in [5, 5.41) is 8.51. The number of hydrogen-bond acceptors (Lipinski definition) is 3. The van der Waals surface area contributed by atoms with Crippen LogP contribution in [0.25, 0.3) is 0 Å². The number of rotatable bonds is 4. The molecule has 1 rings (SSSR count). The Morgan fingerprint density at radius 1 is 1.50 bits per heavy atom. The third-order valence-electron chi connectivity index (χ3n) is 1.99. The number of carbonyl (C=O) groups excluding carboxylic acids is 1. The predicted octanol–water partition coefficient (Wildman–Crippen LogP) is 3.08. The first-order chi connectivity index (χ1) is 7.67. The molecule has 1 aromatic carbocycles. The third kappa shape index (κ3) is 3.67. The van der Waals surface area contributed by atoms with Crippen LogP contribution in [0, 0.1) is 11.3 Å². The molecule has 0 radical (unpaired) electrons. The molecule has 0 bridgehead atoms. The third-order valence-corrected chi connectivity index (χ3v) is 2.45. The Kier molecular flexibility index (Phi) is 5.00. The van der Waals surface area contributed by atoms with Gasteiger partial charge in [-0.2, -0.15) is 5.26 Å². The van der Waals surface area contributed by atoms with Crippen molar-refractivity contribution >= 4 is 21.9 Å². The van der Waals surface area contributed by atoms with Crippen LogP contribution in [-0.4, -0.2) is 12.6 Å². The number of hydrogen-bond donors (Lipinski definition) is 0. The van der Waals surface area contributed by atoms with Crippen LogP contribution >= 0.6 is 15.9 Å².